The Labute approximate surface area is 156 Å². The highest BCUT2D eigenvalue weighted by atomic mass is 32.2. The zero-order chi connectivity index (χ0) is 18.4. The molecule has 0 saturated carbocycles. The van der Waals surface area contributed by atoms with Gasteiger partial charge in [0.2, 0.25) is 5.91 Å². The van der Waals surface area contributed by atoms with E-state index in [9.17, 15) is 4.79 Å². The van der Waals surface area contributed by atoms with E-state index in [4.69, 9.17) is 6.42 Å². The van der Waals surface area contributed by atoms with Gasteiger partial charge in [0.05, 0.1) is 12.3 Å². The molecule has 1 aromatic carbocycles. The van der Waals surface area contributed by atoms with Crippen molar-refractivity contribution in [3.8, 4) is 29.4 Å². The smallest absolute Gasteiger partial charge is 0.231 e. The maximum absolute atomic E-state index is 11.9. The Morgan fingerprint density at radius 2 is 1.92 bits per heavy atom. The van der Waals surface area contributed by atoms with E-state index in [1.807, 2.05) is 47.9 Å². The van der Waals surface area contributed by atoms with E-state index in [0.717, 1.165) is 16.8 Å². The number of nitrogens with one attached hydrogen (secondary N) is 1. The Balaban J connectivity index is 1.94. The normalized spacial score (nSPS) is 10.3. The number of nitrogens with zero attached hydrogens (tertiary/aromatic N) is 4. The van der Waals surface area contributed by atoms with Crippen LogP contribution in [-0.4, -0.2) is 38.0 Å². The Bertz CT molecular complexity index is 929. The first-order valence-electron chi connectivity index (χ1n) is 7.95. The topological polar surface area (TPSA) is 72.7 Å². The lowest BCUT2D eigenvalue weighted by Gasteiger charge is -2.10. The molecule has 0 aliphatic carbocycles. The molecule has 1 amide bonds. The van der Waals surface area contributed by atoms with Gasteiger partial charge in [0.15, 0.2) is 11.0 Å². The van der Waals surface area contributed by atoms with Crippen LogP contribution < -0.4 is 5.32 Å². The third kappa shape index (κ3) is 4.10. The molecule has 0 atom stereocenters. The van der Waals surface area contributed by atoms with Crippen LogP contribution >= 0.6 is 11.8 Å². The van der Waals surface area contributed by atoms with E-state index in [1.54, 1.807) is 12.4 Å². The molecule has 6 nitrogen and oxygen atoms in total. The Hall–Kier alpha value is -3.11. The first-order chi connectivity index (χ1) is 12.7. The fourth-order valence-corrected chi connectivity index (χ4v) is 3.09. The predicted molar refractivity (Wildman–Crippen MR) is 102 cm³/mol. The minimum atomic E-state index is -0.142. The van der Waals surface area contributed by atoms with Crippen molar-refractivity contribution in [1.82, 2.24) is 25.1 Å². The van der Waals surface area contributed by atoms with E-state index < -0.39 is 0 Å². The van der Waals surface area contributed by atoms with Crippen LogP contribution in [0.15, 0.2) is 53.9 Å². The molecule has 130 valence electrons. The van der Waals surface area contributed by atoms with Crippen molar-refractivity contribution in [3.63, 3.8) is 0 Å². The lowest BCUT2D eigenvalue weighted by Crippen LogP contribution is -2.25. The van der Waals surface area contributed by atoms with Gasteiger partial charge in [-0.25, -0.2) is 0 Å². The summed E-state index contributed by atoms with van der Waals surface area (Å²) in [6, 6.07) is 11.8. The largest absolute Gasteiger partial charge is 0.344 e. The zero-order valence-electron chi connectivity index (χ0n) is 14.2. The number of hydrogen-bond donors (Lipinski definition) is 1. The number of carbonyl (C=O) groups excluding carboxylic acids is 1. The summed E-state index contributed by atoms with van der Waals surface area (Å²) in [5.74, 6) is 3.15. The SMILES string of the molecule is C#CCNC(=O)CSc1nnc(-c2ccncc2)n1-c1ccc(C)cc1. The van der Waals surface area contributed by atoms with Gasteiger partial charge in [-0.05, 0) is 31.2 Å². The van der Waals surface area contributed by atoms with Gasteiger partial charge in [-0.3, -0.25) is 14.3 Å². The minimum Gasteiger partial charge on any atom is -0.344 e. The predicted octanol–water partition coefficient (Wildman–Crippen LogP) is 2.48. The minimum absolute atomic E-state index is 0.142. The van der Waals surface area contributed by atoms with Crippen molar-refractivity contribution < 1.29 is 4.79 Å². The Morgan fingerprint density at radius 3 is 2.62 bits per heavy atom. The second-order valence-corrected chi connectivity index (χ2v) is 6.43. The average Bonchev–Trinajstić information content (AvgIpc) is 3.10. The summed E-state index contributed by atoms with van der Waals surface area (Å²) in [7, 11) is 0. The molecule has 0 aliphatic rings. The number of aromatic nitrogens is 4. The van der Waals surface area contributed by atoms with Gasteiger partial charge in [-0.1, -0.05) is 35.4 Å². The fraction of sp³-hybridized carbons (Fsp3) is 0.158. The molecule has 7 heteroatoms. The monoisotopic (exact) mass is 363 g/mol. The maximum Gasteiger partial charge on any atom is 0.231 e. The summed E-state index contributed by atoms with van der Waals surface area (Å²) in [5, 5.41) is 11.9. The number of amides is 1. The molecule has 2 aromatic heterocycles. The van der Waals surface area contributed by atoms with Gasteiger partial charge in [-0.15, -0.1) is 16.6 Å². The van der Waals surface area contributed by atoms with Crippen molar-refractivity contribution in [3.05, 3.63) is 54.4 Å². The summed E-state index contributed by atoms with van der Waals surface area (Å²) >= 11 is 1.31. The van der Waals surface area contributed by atoms with Crippen molar-refractivity contribution in [1.29, 1.82) is 0 Å². The summed E-state index contributed by atoms with van der Waals surface area (Å²) in [4.78, 5) is 15.9. The van der Waals surface area contributed by atoms with Gasteiger partial charge in [0.1, 0.15) is 0 Å². The van der Waals surface area contributed by atoms with Crippen LogP contribution in [0.2, 0.25) is 0 Å². The second-order valence-electron chi connectivity index (χ2n) is 5.48. The molecular weight excluding hydrogens is 346 g/mol. The summed E-state index contributed by atoms with van der Waals surface area (Å²) in [5.41, 5.74) is 2.99. The number of pyridine rings is 1. The lowest BCUT2D eigenvalue weighted by molar-refractivity contribution is -0.118. The molecule has 3 rings (SSSR count). The molecule has 0 fully saturated rings. The van der Waals surface area contributed by atoms with Crippen molar-refractivity contribution in [2.24, 2.45) is 0 Å². The highest BCUT2D eigenvalue weighted by molar-refractivity contribution is 7.99. The number of carbonyl (C=O) groups is 1. The van der Waals surface area contributed by atoms with Gasteiger partial charge in [0, 0.05) is 23.6 Å². The molecule has 0 saturated heterocycles. The van der Waals surface area contributed by atoms with E-state index in [2.05, 4.69) is 26.4 Å². The standard InChI is InChI=1S/C19H17N5OS/c1-3-10-21-17(25)13-26-19-23-22-18(15-8-11-20-12-9-15)24(19)16-6-4-14(2)5-7-16/h1,4-9,11-12H,10,13H2,2H3,(H,21,25). The van der Waals surface area contributed by atoms with Crippen molar-refractivity contribution >= 4 is 17.7 Å². The first-order valence-corrected chi connectivity index (χ1v) is 8.93. The molecule has 0 spiro atoms. The highest BCUT2D eigenvalue weighted by Gasteiger charge is 2.17. The molecule has 1 N–H and O–H groups in total. The van der Waals surface area contributed by atoms with Crippen LogP contribution in [0.4, 0.5) is 0 Å². The van der Waals surface area contributed by atoms with Gasteiger partial charge in [0.25, 0.3) is 0 Å². The summed E-state index contributed by atoms with van der Waals surface area (Å²) in [6.07, 6.45) is 8.58. The average molecular weight is 363 g/mol. The van der Waals surface area contributed by atoms with Crippen LogP contribution in [0.25, 0.3) is 17.1 Å². The van der Waals surface area contributed by atoms with E-state index in [0.29, 0.717) is 11.0 Å². The summed E-state index contributed by atoms with van der Waals surface area (Å²) in [6.45, 7) is 2.25. The number of hydrogen-bond acceptors (Lipinski definition) is 5. The fourth-order valence-electron chi connectivity index (χ4n) is 2.31. The van der Waals surface area contributed by atoms with Gasteiger partial charge < -0.3 is 5.32 Å². The lowest BCUT2D eigenvalue weighted by atomic mass is 10.2. The van der Waals surface area contributed by atoms with Crippen LogP contribution in [0.5, 0.6) is 0 Å². The number of thioether (sulfide) groups is 1. The molecule has 3 aromatic rings. The van der Waals surface area contributed by atoms with Crippen molar-refractivity contribution in [2.45, 2.75) is 12.1 Å². The number of aryl methyl sites for hydroxylation is 1. The van der Waals surface area contributed by atoms with Gasteiger partial charge in [-0.2, -0.15) is 0 Å². The van der Waals surface area contributed by atoms with Crippen LogP contribution in [0.3, 0.4) is 0 Å². The molecule has 0 unspecified atom stereocenters. The van der Waals surface area contributed by atoms with Crippen LogP contribution in [-0.2, 0) is 4.79 Å². The number of terminal acetylenes is 1. The molecule has 0 bridgehead atoms. The van der Waals surface area contributed by atoms with Gasteiger partial charge >= 0.3 is 0 Å². The van der Waals surface area contributed by atoms with Crippen LogP contribution in [0, 0.1) is 19.3 Å². The Morgan fingerprint density at radius 1 is 1.19 bits per heavy atom. The third-order valence-corrected chi connectivity index (χ3v) is 4.51. The van der Waals surface area contributed by atoms with E-state index >= 15 is 0 Å². The van der Waals surface area contributed by atoms with E-state index in [-0.39, 0.29) is 18.2 Å². The quantitative estimate of drug-likeness (QED) is 0.538. The zero-order valence-corrected chi connectivity index (χ0v) is 15.0. The molecular formula is C19H17N5OS. The molecule has 2 heterocycles. The number of rotatable bonds is 6. The first kappa shape index (κ1) is 17.7. The third-order valence-electron chi connectivity index (χ3n) is 3.58. The van der Waals surface area contributed by atoms with Crippen molar-refractivity contribution in [2.75, 3.05) is 12.3 Å². The highest BCUT2D eigenvalue weighted by Crippen LogP contribution is 2.27. The van der Waals surface area contributed by atoms with Crippen LogP contribution in [0.1, 0.15) is 5.56 Å². The molecule has 26 heavy (non-hydrogen) atoms. The van der Waals surface area contributed by atoms with E-state index in [1.165, 1.54) is 11.8 Å². The Kier molecular flexibility index (Phi) is 5.66. The second kappa shape index (κ2) is 8.32. The summed E-state index contributed by atoms with van der Waals surface area (Å²) < 4.78 is 1.94. The molecule has 0 radical (unpaired) electrons. The maximum atomic E-state index is 11.9. The number of benzene rings is 1. The molecule has 0 aliphatic heterocycles.